The summed E-state index contributed by atoms with van der Waals surface area (Å²) in [6.45, 7) is 6.51. The molecule has 174 valence electrons. The van der Waals surface area contributed by atoms with Crippen molar-refractivity contribution in [3.05, 3.63) is 84.1 Å². The number of amides is 1. The topological polar surface area (TPSA) is 76.4 Å². The van der Waals surface area contributed by atoms with E-state index < -0.39 is 0 Å². The van der Waals surface area contributed by atoms with Crippen LogP contribution in [0.25, 0.3) is 22.8 Å². The summed E-state index contributed by atoms with van der Waals surface area (Å²) in [5.41, 5.74) is 4.66. The van der Waals surface area contributed by atoms with Crippen molar-refractivity contribution in [1.29, 1.82) is 0 Å². The number of hydrogen-bond acceptors (Lipinski definition) is 5. The first-order chi connectivity index (χ1) is 16.3. The van der Waals surface area contributed by atoms with E-state index >= 15 is 0 Å². The van der Waals surface area contributed by atoms with E-state index in [1.54, 1.807) is 31.4 Å². The first kappa shape index (κ1) is 23.1. The number of carbonyl (C=O) groups excluding carboxylic acids is 1. The first-order valence-corrected chi connectivity index (χ1v) is 11.1. The highest BCUT2D eigenvalue weighted by Crippen LogP contribution is 2.32. The normalized spacial score (nSPS) is 11.2. The second kappa shape index (κ2) is 9.43. The molecule has 6 nitrogen and oxygen atoms in total. The number of carbonyl (C=O) groups is 1. The molecule has 1 aromatic heterocycles. The van der Waals surface area contributed by atoms with Crippen molar-refractivity contribution in [2.75, 3.05) is 24.8 Å². The third kappa shape index (κ3) is 4.96. The fourth-order valence-corrected chi connectivity index (χ4v) is 3.56. The summed E-state index contributed by atoms with van der Waals surface area (Å²) >= 11 is 0. The lowest BCUT2D eigenvalue weighted by atomic mass is 9.87. The minimum Gasteiger partial charge on any atom is -0.497 e. The van der Waals surface area contributed by atoms with E-state index in [1.807, 2.05) is 43.4 Å². The zero-order valence-corrected chi connectivity index (χ0v) is 20.1. The molecule has 1 heterocycles. The maximum absolute atomic E-state index is 13.2. The average molecular weight is 456 g/mol. The van der Waals surface area contributed by atoms with Crippen LogP contribution in [-0.4, -0.2) is 25.0 Å². The van der Waals surface area contributed by atoms with Crippen molar-refractivity contribution < 1.29 is 13.9 Å². The zero-order chi connectivity index (χ0) is 24.3. The summed E-state index contributed by atoms with van der Waals surface area (Å²) in [4.78, 5) is 17.8. The summed E-state index contributed by atoms with van der Waals surface area (Å²) in [6.07, 6.45) is 0. The number of oxazole rings is 1. The molecular formula is C28H29N3O3. The monoisotopic (exact) mass is 455 g/mol. The van der Waals surface area contributed by atoms with Crippen molar-refractivity contribution >= 4 is 17.3 Å². The molecule has 0 aliphatic heterocycles. The van der Waals surface area contributed by atoms with Gasteiger partial charge in [-0.3, -0.25) is 4.79 Å². The summed E-state index contributed by atoms with van der Waals surface area (Å²) in [5, 5.41) is 6.00. The number of aromatic nitrogens is 1. The number of ether oxygens (including phenoxy) is 1. The van der Waals surface area contributed by atoms with Crippen LogP contribution >= 0.6 is 0 Å². The first-order valence-electron chi connectivity index (χ1n) is 11.1. The van der Waals surface area contributed by atoms with Gasteiger partial charge in [0, 0.05) is 29.5 Å². The van der Waals surface area contributed by atoms with E-state index in [0.717, 1.165) is 16.8 Å². The molecule has 1 amide bonds. The summed E-state index contributed by atoms with van der Waals surface area (Å²) in [6, 6.07) is 22.9. The number of nitrogens with zero attached hydrogens (tertiary/aromatic N) is 1. The average Bonchev–Trinajstić information content (AvgIpc) is 3.30. The predicted octanol–water partition coefficient (Wildman–Crippen LogP) is 6.61. The van der Waals surface area contributed by atoms with Gasteiger partial charge in [0.25, 0.3) is 5.91 Å². The summed E-state index contributed by atoms with van der Waals surface area (Å²) < 4.78 is 11.4. The second-order valence-corrected chi connectivity index (χ2v) is 9.03. The molecule has 4 rings (SSSR count). The van der Waals surface area contributed by atoms with Crippen LogP contribution < -0.4 is 15.4 Å². The highest BCUT2D eigenvalue weighted by Gasteiger charge is 2.23. The molecule has 0 aliphatic carbocycles. The smallest absolute Gasteiger partial charge is 0.278 e. The van der Waals surface area contributed by atoms with Crippen LogP contribution in [0, 0.1) is 0 Å². The van der Waals surface area contributed by atoms with Crippen molar-refractivity contribution in [2.45, 2.75) is 26.2 Å². The molecule has 2 N–H and O–H groups in total. The van der Waals surface area contributed by atoms with Crippen molar-refractivity contribution in [3.8, 4) is 28.5 Å². The van der Waals surface area contributed by atoms with Crippen molar-refractivity contribution in [3.63, 3.8) is 0 Å². The summed E-state index contributed by atoms with van der Waals surface area (Å²) in [5.74, 6) is 1.18. The SMILES string of the molecule is CNc1ccc(-c2oc(-c3ccc(C(C)(C)C)cc3)nc2C(=O)Nc2ccc(OC)cc2)cc1. The minimum atomic E-state index is -0.348. The number of benzene rings is 3. The van der Waals surface area contributed by atoms with Gasteiger partial charge in [0.05, 0.1) is 7.11 Å². The summed E-state index contributed by atoms with van der Waals surface area (Å²) in [7, 11) is 3.46. The highest BCUT2D eigenvalue weighted by molar-refractivity contribution is 6.06. The van der Waals surface area contributed by atoms with Crippen LogP contribution in [0.4, 0.5) is 11.4 Å². The van der Waals surface area contributed by atoms with Crippen LogP contribution in [0.1, 0.15) is 36.8 Å². The van der Waals surface area contributed by atoms with Gasteiger partial charge in [-0.05, 0) is 71.6 Å². The van der Waals surface area contributed by atoms with Gasteiger partial charge in [0.1, 0.15) is 5.75 Å². The number of rotatable bonds is 6. The lowest BCUT2D eigenvalue weighted by Crippen LogP contribution is -2.13. The lowest BCUT2D eigenvalue weighted by molar-refractivity contribution is 0.102. The molecule has 3 aromatic carbocycles. The maximum atomic E-state index is 13.2. The molecule has 4 aromatic rings. The Balaban J connectivity index is 1.72. The third-order valence-corrected chi connectivity index (χ3v) is 5.62. The van der Waals surface area contributed by atoms with Gasteiger partial charge in [0.2, 0.25) is 5.89 Å². The zero-order valence-electron chi connectivity index (χ0n) is 20.1. The Hall–Kier alpha value is -4.06. The Labute approximate surface area is 200 Å². The van der Waals surface area contributed by atoms with Crippen LogP contribution in [0.2, 0.25) is 0 Å². The quantitative estimate of drug-likeness (QED) is 0.342. The maximum Gasteiger partial charge on any atom is 0.278 e. The molecule has 0 saturated carbocycles. The molecule has 0 unspecified atom stereocenters. The van der Waals surface area contributed by atoms with Gasteiger partial charge in [-0.1, -0.05) is 32.9 Å². The molecule has 0 aliphatic rings. The van der Waals surface area contributed by atoms with Crippen LogP contribution in [0.5, 0.6) is 5.75 Å². The van der Waals surface area contributed by atoms with E-state index in [4.69, 9.17) is 9.15 Å². The van der Waals surface area contributed by atoms with Crippen molar-refractivity contribution in [1.82, 2.24) is 4.98 Å². The van der Waals surface area contributed by atoms with Gasteiger partial charge < -0.3 is 19.8 Å². The Bertz CT molecular complexity index is 1270. The van der Waals surface area contributed by atoms with E-state index in [2.05, 4.69) is 48.5 Å². The van der Waals surface area contributed by atoms with E-state index in [1.165, 1.54) is 5.56 Å². The molecule has 0 bridgehead atoms. The Kier molecular flexibility index (Phi) is 6.41. The standard InChI is InChI=1S/C28H29N3O3/c1-28(2,3)20-10-6-19(7-11-20)27-31-24(25(34-27)18-8-12-21(29-4)13-9-18)26(32)30-22-14-16-23(33-5)17-15-22/h6-17,29H,1-5H3,(H,30,32). The highest BCUT2D eigenvalue weighted by atomic mass is 16.5. The largest absolute Gasteiger partial charge is 0.497 e. The van der Waals surface area contributed by atoms with Crippen LogP contribution in [0.3, 0.4) is 0 Å². The lowest BCUT2D eigenvalue weighted by Gasteiger charge is -2.18. The van der Waals surface area contributed by atoms with Gasteiger partial charge in [0.15, 0.2) is 11.5 Å². The number of nitrogens with one attached hydrogen (secondary N) is 2. The molecule has 0 fully saturated rings. The Morgan fingerprint density at radius 3 is 2.00 bits per heavy atom. The van der Waals surface area contributed by atoms with Gasteiger partial charge in [-0.25, -0.2) is 4.98 Å². The molecule has 34 heavy (non-hydrogen) atoms. The fourth-order valence-electron chi connectivity index (χ4n) is 3.56. The predicted molar refractivity (Wildman–Crippen MR) is 137 cm³/mol. The Morgan fingerprint density at radius 2 is 1.44 bits per heavy atom. The third-order valence-electron chi connectivity index (χ3n) is 5.62. The molecule has 0 saturated heterocycles. The molecule has 0 radical (unpaired) electrons. The minimum absolute atomic E-state index is 0.0404. The number of methoxy groups -OCH3 is 1. The van der Waals surface area contributed by atoms with Gasteiger partial charge in [-0.2, -0.15) is 0 Å². The fraction of sp³-hybridized carbons (Fsp3) is 0.214. The number of hydrogen-bond donors (Lipinski definition) is 2. The van der Waals surface area contributed by atoms with Crippen LogP contribution in [0.15, 0.2) is 77.2 Å². The van der Waals surface area contributed by atoms with Gasteiger partial charge >= 0.3 is 0 Å². The van der Waals surface area contributed by atoms with E-state index in [9.17, 15) is 4.79 Å². The van der Waals surface area contributed by atoms with E-state index in [0.29, 0.717) is 23.1 Å². The number of anilines is 2. The second-order valence-electron chi connectivity index (χ2n) is 9.03. The molecule has 6 heteroatoms. The van der Waals surface area contributed by atoms with Crippen molar-refractivity contribution in [2.24, 2.45) is 0 Å². The Morgan fingerprint density at radius 1 is 0.853 bits per heavy atom. The molecule has 0 atom stereocenters. The van der Waals surface area contributed by atoms with Crippen LogP contribution in [-0.2, 0) is 5.41 Å². The molecule has 0 spiro atoms. The molecular weight excluding hydrogens is 426 g/mol. The van der Waals surface area contributed by atoms with Gasteiger partial charge in [-0.15, -0.1) is 0 Å². The van der Waals surface area contributed by atoms with E-state index in [-0.39, 0.29) is 17.0 Å².